The number of piperidine rings is 1. The van der Waals surface area contributed by atoms with Gasteiger partial charge in [-0.1, -0.05) is 13.8 Å². The maximum absolute atomic E-state index is 12.5. The van der Waals surface area contributed by atoms with Crippen molar-refractivity contribution in [3.8, 4) is 11.3 Å². The minimum absolute atomic E-state index is 0.280. The third-order valence-electron chi connectivity index (χ3n) is 7.12. The summed E-state index contributed by atoms with van der Waals surface area (Å²) in [6.45, 7) is 10.5. The van der Waals surface area contributed by atoms with Gasteiger partial charge in [0.1, 0.15) is 0 Å². The summed E-state index contributed by atoms with van der Waals surface area (Å²) in [4.78, 5) is 18.9. The van der Waals surface area contributed by atoms with Crippen LogP contribution in [0.4, 0.5) is 0 Å². The first-order chi connectivity index (χ1) is 17.3. The Morgan fingerprint density at radius 2 is 1.94 bits per heavy atom. The topological polar surface area (TPSA) is 55.4 Å². The van der Waals surface area contributed by atoms with E-state index >= 15 is 0 Å². The summed E-state index contributed by atoms with van der Waals surface area (Å²) in [5.41, 5.74) is 7.04. The van der Waals surface area contributed by atoms with Gasteiger partial charge in [-0.05, 0) is 0 Å². The van der Waals surface area contributed by atoms with Crippen LogP contribution in [0.2, 0.25) is 5.02 Å². The van der Waals surface area contributed by atoms with Gasteiger partial charge in [0.25, 0.3) is 0 Å². The van der Waals surface area contributed by atoms with Gasteiger partial charge in [-0.2, -0.15) is 0 Å². The summed E-state index contributed by atoms with van der Waals surface area (Å²) in [6.07, 6.45) is 6.29. The molecule has 1 saturated heterocycles. The van der Waals surface area contributed by atoms with Crippen LogP contribution in [-0.2, 0) is 4.79 Å². The molecule has 0 bridgehead atoms. The van der Waals surface area contributed by atoms with Crippen LogP contribution in [0.25, 0.3) is 27.8 Å². The van der Waals surface area contributed by atoms with Gasteiger partial charge in [-0.15, -0.1) is 0 Å². The number of amides is 1. The van der Waals surface area contributed by atoms with E-state index in [1.807, 2.05) is 12.3 Å². The molecule has 9 heteroatoms. The minimum atomic E-state index is -0.280. The predicted octanol–water partition coefficient (Wildman–Crippen LogP) is 4.08. The number of likely N-dealkylation sites (tertiary alicyclic amines) is 1. The number of carbonyl (C=O) groups excluding carboxylic acids is 1. The molecular weight excluding hydrogens is 700 g/mol. The summed E-state index contributed by atoms with van der Waals surface area (Å²) >= 11 is 8.89. The summed E-state index contributed by atoms with van der Waals surface area (Å²) in [5.74, 6) is 1.55. The van der Waals surface area contributed by atoms with Crippen LogP contribution in [-0.4, -0.2) is 41.3 Å². The molecule has 1 amide bonds. The third-order valence-corrected chi connectivity index (χ3v) is 11.2. The number of rotatable bonds is 6. The van der Waals surface area contributed by atoms with E-state index < -0.39 is 0 Å². The van der Waals surface area contributed by atoms with E-state index in [-0.39, 0.29) is 17.5 Å². The number of aromatic nitrogens is 4. The second kappa shape index (κ2) is 10.8. The zero-order valence-corrected chi connectivity index (χ0v) is 26.1. The SMILES string of the molecule is CC(C)CC(=O)N1CCC(c2ccc3c(c2)c(C(C)C)c(-c2cc(Cl)c4ncnn4c2)n3[I-]I)CC1. The number of pyridine rings is 1. The van der Waals surface area contributed by atoms with Crippen molar-refractivity contribution in [3.05, 3.63) is 52.9 Å². The molecule has 36 heavy (non-hydrogen) atoms. The van der Waals surface area contributed by atoms with Gasteiger partial charge in [0.05, 0.1) is 0 Å². The Balaban J connectivity index is 1.54. The predicted molar refractivity (Wildman–Crippen MR) is 150 cm³/mol. The number of halogens is 3. The van der Waals surface area contributed by atoms with E-state index in [1.165, 1.54) is 27.7 Å². The van der Waals surface area contributed by atoms with Crippen molar-refractivity contribution in [1.29, 1.82) is 0 Å². The third kappa shape index (κ3) is 4.89. The molecule has 4 aromatic rings. The molecule has 0 aliphatic carbocycles. The van der Waals surface area contributed by atoms with Crippen LogP contribution >= 0.6 is 30.2 Å². The van der Waals surface area contributed by atoms with Gasteiger partial charge in [0.15, 0.2) is 0 Å². The van der Waals surface area contributed by atoms with Gasteiger partial charge >= 0.3 is 225 Å². The van der Waals surface area contributed by atoms with Gasteiger partial charge in [-0.25, -0.2) is 0 Å². The Bertz CT molecular complexity index is 1420. The van der Waals surface area contributed by atoms with Crippen LogP contribution in [0.15, 0.2) is 36.8 Å². The normalized spacial score (nSPS) is 15.3. The molecule has 0 N–H and O–H groups in total. The first kappa shape index (κ1) is 26.2. The Hall–Kier alpha value is -1.40. The zero-order chi connectivity index (χ0) is 25.6. The van der Waals surface area contributed by atoms with Crippen molar-refractivity contribution in [2.24, 2.45) is 5.92 Å². The second-order valence-corrected chi connectivity index (χ2v) is 14.6. The van der Waals surface area contributed by atoms with Crippen LogP contribution in [0.5, 0.6) is 0 Å². The molecule has 0 radical (unpaired) electrons. The molecule has 3 aromatic heterocycles. The van der Waals surface area contributed by atoms with E-state index in [9.17, 15) is 4.79 Å². The number of fused-ring (bicyclic) bond motifs is 2. The van der Waals surface area contributed by atoms with E-state index in [1.54, 1.807) is 10.8 Å². The summed E-state index contributed by atoms with van der Waals surface area (Å²) < 4.78 is 4.27. The van der Waals surface area contributed by atoms with E-state index in [4.69, 9.17) is 11.6 Å². The van der Waals surface area contributed by atoms with E-state index in [0.29, 0.717) is 40.8 Å². The monoisotopic (exact) mass is 730 g/mol. The van der Waals surface area contributed by atoms with E-state index in [2.05, 4.69) is 82.3 Å². The number of hydrogen-bond acceptors (Lipinski definition) is 3. The van der Waals surface area contributed by atoms with Crippen LogP contribution in [0, 0.1) is 5.92 Å². The van der Waals surface area contributed by atoms with Gasteiger partial charge in [0.2, 0.25) is 0 Å². The first-order valence-corrected chi connectivity index (χ1v) is 20.1. The maximum atomic E-state index is 12.5. The Morgan fingerprint density at radius 1 is 1.19 bits per heavy atom. The molecule has 0 spiro atoms. The molecule has 1 aliphatic heterocycles. The second-order valence-electron chi connectivity index (χ2n) is 10.4. The standard InChI is InChI=1S/C27H31ClI2N5O/c1-16(2)11-24(36)33-9-7-18(8-10-33)19-5-6-23-21(12-19)25(17(3)4)26(35(23)30-29)20-13-22(28)27-31-15-32-34(27)14-20/h5-6,12-18H,7-11H2,1-4H3/q-1. The molecule has 1 fully saturated rings. The van der Waals surface area contributed by atoms with Crippen molar-refractivity contribution >= 4 is 52.7 Å². The fourth-order valence-electron chi connectivity index (χ4n) is 5.42. The number of nitrogens with zero attached hydrogens (tertiary/aromatic N) is 5. The average molecular weight is 731 g/mol. The summed E-state index contributed by atoms with van der Waals surface area (Å²) in [6, 6.07) is 9.08. The van der Waals surface area contributed by atoms with Crippen molar-refractivity contribution < 1.29 is 22.3 Å². The van der Waals surface area contributed by atoms with Crippen molar-refractivity contribution in [2.45, 2.75) is 58.8 Å². The van der Waals surface area contributed by atoms with Crippen molar-refractivity contribution in [2.75, 3.05) is 13.1 Å². The molecule has 1 aromatic carbocycles. The molecule has 0 saturated carbocycles. The van der Waals surface area contributed by atoms with E-state index in [0.717, 1.165) is 31.5 Å². The summed E-state index contributed by atoms with van der Waals surface area (Å²) in [5, 5.41) is 6.30. The first-order valence-electron chi connectivity index (χ1n) is 12.5. The average Bonchev–Trinajstić information content (AvgIpc) is 3.45. The number of benzene rings is 1. The molecule has 0 atom stereocenters. The molecule has 192 valence electrons. The quantitative estimate of drug-likeness (QED) is 0.282. The van der Waals surface area contributed by atoms with Gasteiger partial charge in [0, 0.05) is 0 Å². The number of carbonyl (C=O) groups is 1. The Kier molecular flexibility index (Phi) is 7.84. The fourth-order valence-corrected chi connectivity index (χ4v) is 9.56. The molecular formula is C27H31ClI2N5O-. The fraction of sp³-hybridized carbons (Fsp3) is 0.444. The molecule has 5 rings (SSSR count). The molecule has 0 unspecified atom stereocenters. The molecule has 1 aliphatic rings. The van der Waals surface area contributed by atoms with Gasteiger partial charge in [-0.3, -0.25) is 0 Å². The van der Waals surface area contributed by atoms with Crippen molar-refractivity contribution in [1.82, 2.24) is 22.3 Å². The molecule has 4 heterocycles. The van der Waals surface area contributed by atoms with Crippen LogP contribution < -0.4 is 17.5 Å². The summed E-state index contributed by atoms with van der Waals surface area (Å²) in [7, 11) is 0. The van der Waals surface area contributed by atoms with Crippen molar-refractivity contribution in [3.63, 3.8) is 0 Å². The zero-order valence-electron chi connectivity index (χ0n) is 21.0. The van der Waals surface area contributed by atoms with Gasteiger partial charge < -0.3 is 0 Å². The van der Waals surface area contributed by atoms with Crippen LogP contribution in [0.1, 0.15) is 69.9 Å². The Labute approximate surface area is 237 Å². The Morgan fingerprint density at radius 3 is 2.61 bits per heavy atom. The molecule has 6 nitrogen and oxygen atoms in total. The number of hydrogen-bond donors (Lipinski definition) is 0. The van der Waals surface area contributed by atoms with Crippen LogP contribution in [0.3, 0.4) is 0 Å².